The molecule has 2 amide bonds. The maximum Gasteiger partial charge on any atom is 0.408 e. The maximum absolute atomic E-state index is 13.1. The van der Waals surface area contributed by atoms with Gasteiger partial charge in [0.05, 0.1) is 0 Å². The largest absolute Gasteiger partial charge is 0.444 e. The van der Waals surface area contributed by atoms with Crippen LogP contribution in [0.1, 0.15) is 51.8 Å². The average molecular weight is 417 g/mol. The third-order valence-corrected chi connectivity index (χ3v) is 4.33. The summed E-state index contributed by atoms with van der Waals surface area (Å²) in [5.41, 5.74) is 0.539. The normalized spacial score (nSPS) is 12.8. The molecule has 2 N–H and O–H groups in total. The van der Waals surface area contributed by atoms with Gasteiger partial charge < -0.3 is 15.4 Å². The predicted molar refractivity (Wildman–Crippen MR) is 116 cm³/mol. The quantitative estimate of drug-likeness (QED) is 0.692. The highest BCUT2D eigenvalue weighted by molar-refractivity contribution is 6.30. The molecule has 0 saturated heterocycles. The minimum Gasteiger partial charge on any atom is -0.444 e. The average Bonchev–Trinajstić information content (AvgIpc) is 2.60. The van der Waals surface area contributed by atoms with Crippen LogP contribution in [-0.2, 0) is 16.0 Å². The number of rotatable bonds is 6. The van der Waals surface area contributed by atoms with E-state index in [9.17, 15) is 9.59 Å². The molecule has 0 spiro atoms. The van der Waals surface area contributed by atoms with E-state index in [-0.39, 0.29) is 5.91 Å². The lowest BCUT2D eigenvalue weighted by atomic mass is 9.94. The van der Waals surface area contributed by atoms with Crippen molar-refractivity contribution in [2.45, 2.75) is 58.2 Å². The van der Waals surface area contributed by atoms with Crippen LogP contribution in [0, 0.1) is 0 Å². The number of carbonyl (C=O) groups is 2. The molecular formula is C23H29ClN2O3. The Bertz CT molecular complexity index is 827. The molecule has 0 aromatic heterocycles. The summed E-state index contributed by atoms with van der Waals surface area (Å²) in [7, 11) is 0. The Morgan fingerprint density at radius 1 is 0.966 bits per heavy atom. The van der Waals surface area contributed by atoms with E-state index in [0.29, 0.717) is 17.0 Å². The predicted octanol–water partition coefficient (Wildman–Crippen LogP) is 5.04. The van der Waals surface area contributed by atoms with Crippen molar-refractivity contribution in [3.05, 3.63) is 70.7 Å². The zero-order valence-electron chi connectivity index (χ0n) is 17.6. The van der Waals surface area contributed by atoms with Crippen molar-refractivity contribution < 1.29 is 14.3 Å². The minimum atomic E-state index is -0.865. The lowest BCUT2D eigenvalue weighted by molar-refractivity contribution is -0.125. The van der Waals surface area contributed by atoms with Crippen LogP contribution in [0.3, 0.4) is 0 Å². The molecule has 0 aliphatic heterocycles. The third kappa shape index (κ3) is 7.78. The summed E-state index contributed by atoms with van der Waals surface area (Å²) in [4.78, 5) is 25.4. The zero-order chi connectivity index (χ0) is 21.7. The summed E-state index contributed by atoms with van der Waals surface area (Å²) in [6.45, 7) is 9.21. The number of hydrogen-bond donors (Lipinski definition) is 2. The number of ether oxygens (including phenoxy) is 1. The van der Waals surface area contributed by atoms with Crippen molar-refractivity contribution in [3.8, 4) is 0 Å². The van der Waals surface area contributed by atoms with Crippen molar-refractivity contribution in [1.82, 2.24) is 10.6 Å². The number of hydrogen-bond acceptors (Lipinski definition) is 3. The maximum atomic E-state index is 13.1. The lowest BCUT2D eigenvalue weighted by Gasteiger charge is -2.30. The Kier molecular flexibility index (Phi) is 7.31. The van der Waals surface area contributed by atoms with Crippen LogP contribution in [0.15, 0.2) is 54.6 Å². The van der Waals surface area contributed by atoms with Crippen molar-refractivity contribution in [3.63, 3.8) is 0 Å². The van der Waals surface area contributed by atoms with Gasteiger partial charge in [-0.05, 0) is 64.3 Å². The van der Waals surface area contributed by atoms with Gasteiger partial charge in [0.15, 0.2) is 0 Å². The van der Waals surface area contributed by atoms with E-state index in [4.69, 9.17) is 16.3 Å². The SMILES string of the molecule is CC(C)(Cc1ccc(Cl)cc1)NC(=O)[C@@H](NC(=O)OC(C)(C)C)c1ccccc1. The molecule has 0 radical (unpaired) electrons. The minimum absolute atomic E-state index is 0.305. The van der Waals surface area contributed by atoms with Crippen LogP contribution in [0.5, 0.6) is 0 Å². The molecule has 0 bridgehead atoms. The smallest absolute Gasteiger partial charge is 0.408 e. The van der Waals surface area contributed by atoms with Gasteiger partial charge in [-0.15, -0.1) is 0 Å². The third-order valence-electron chi connectivity index (χ3n) is 4.08. The van der Waals surface area contributed by atoms with Gasteiger partial charge in [-0.3, -0.25) is 4.79 Å². The molecule has 6 heteroatoms. The summed E-state index contributed by atoms with van der Waals surface area (Å²) in [5, 5.41) is 6.40. The van der Waals surface area contributed by atoms with Crippen LogP contribution in [0.4, 0.5) is 4.79 Å². The topological polar surface area (TPSA) is 67.4 Å². The summed E-state index contributed by atoms with van der Waals surface area (Å²) < 4.78 is 5.33. The molecule has 0 unspecified atom stereocenters. The molecule has 156 valence electrons. The van der Waals surface area contributed by atoms with Gasteiger partial charge >= 0.3 is 6.09 Å². The fourth-order valence-electron chi connectivity index (χ4n) is 2.93. The summed E-state index contributed by atoms with van der Waals surface area (Å²) in [5.74, 6) is -0.305. The fourth-order valence-corrected chi connectivity index (χ4v) is 3.06. The number of halogens is 1. The van der Waals surface area contributed by atoms with E-state index in [2.05, 4.69) is 10.6 Å². The second kappa shape index (κ2) is 9.31. The number of alkyl carbamates (subject to hydrolysis) is 1. The molecule has 29 heavy (non-hydrogen) atoms. The first-order valence-corrected chi connectivity index (χ1v) is 9.94. The molecule has 0 fully saturated rings. The Labute approximate surface area is 177 Å². The molecular weight excluding hydrogens is 388 g/mol. The summed E-state index contributed by atoms with van der Waals surface area (Å²) in [6, 6.07) is 15.8. The van der Waals surface area contributed by atoms with Gasteiger partial charge in [0, 0.05) is 10.6 Å². The van der Waals surface area contributed by atoms with Gasteiger partial charge in [0.2, 0.25) is 5.91 Å². The van der Waals surface area contributed by atoms with E-state index >= 15 is 0 Å². The second-order valence-corrected chi connectivity index (χ2v) is 9.10. The Balaban J connectivity index is 2.15. The number of benzene rings is 2. The Morgan fingerprint density at radius 2 is 1.55 bits per heavy atom. The summed E-state index contributed by atoms with van der Waals surface area (Å²) >= 11 is 5.95. The molecule has 0 aliphatic rings. The number of carbonyl (C=O) groups excluding carboxylic acids is 2. The van der Waals surface area contributed by atoms with Crippen LogP contribution >= 0.6 is 11.6 Å². The lowest BCUT2D eigenvalue weighted by Crippen LogP contribution is -2.50. The molecule has 0 aliphatic carbocycles. The second-order valence-electron chi connectivity index (χ2n) is 8.67. The monoisotopic (exact) mass is 416 g/mol. The van der Waals surface area contributed by atoms with Gasteiger partial charge in [0.1, 0.15) is 11.6 Å². The molecule has 5 nitrogen and oxygen atoms in total. The van der Waals surface area contributed by atoms with E-state index in [1.807, 2.05) is 56.3 Å². The van der Waals surface area contributed by atoms with Gasteiger partial charge in [-0.2, -0.15) is 0 Å². The molecule has 2 rings (SSSR count). The van der Waals surface area contributed by atoms with Gasteiger partial charge in [-0.1, -0.05) is 54.1 Å². The van der Waals surface area contributed by atoms with E-state index in [0.717, 1.165) is 5.56 Å². The Morgan fingerprint density at radius 3 is 2.10 bits per heavy atom. The molecule has 0 heterocycles. The van der Waals surface area contributed by atoms with E-state index in [1.165, 1.54) is 0 Å². The van der Waals surface area contributed by atoms with Gasteiger partial charge in [-0.25, -0.2) is 4.79 Å². The van der Waals surface area contributed by atoms with Crippen LogP contribution in [0.25, 0.3) is 0 Å². The highest BCUT2D eigenvalue weighted by Gasteiger charge is 2.30. The van der Waals surface area contributed by atoms with Crippen molar-refractivity contribution in [2.24, 2.45) is 0 Å². The van der Waals surface area contributed by atoms with E-state index < -0.39 is 23.3 Å². The fraction of sp³-hybridized carbons (Fsp3) is 0.391. The molecule has 2 aromatic rings. The van der Waals surface area contributed by atoms with Crippen LogP contribution in [0.2, 0.25) is 5.02 Å². The van der Waals surface area contributed by atoms with Crippen LogP contribution in [-0.4, -0.2) is 23.1 Å². The number of nitrogens with one attached hydrogen (secondary N) is 2. The first kappa shape index (κ1) is 22.8. The highest BCUT2D eigenvalue weighted by Crippen LogP contribution is 2.19. The molecule has 2 aromatic carbocycles. The van der Waals surface area contributed by atoms with Crippen LogP contribution < -0.4 is 10.6 Å². The van der Waals surface area contributed by atoms with Crippen molar-refractivity contribution in [1.29, 1.82) is 0 Å². The Hall–Kier alpha value is -2.53. The zero-order valence-corrected chi connectivity index (χ0v) is 18.3. The molecule has 0 saturated carbocycles. The van der Waals surface area contributed by atoms with Crippen molar-refractivity contribution in [2.75, 3.05) is 0 Å². The van der Waals surface area contributed by atoms with E-state index in [1.54, 1.807) is 32.9 Å². The summed E-state index contributed by atoms with van der Waals surface area (Å²) in [6.07, 6.45) is -0.0267. The number of amides is 2. The van der Waals surface area contributed by atoms with Gasteiger partial charge in [0.25, 0.3) is 0 Å². The standard InChI is InChI=1S/C23H29ClN2O3/c1-22(2,3)29-21(28)25-19(17-9-7-6-8-10-17)20(27)26-23(4,5)15-16-11-13-18(24)14-12-16/h6-14,19H,15H2,1-5H3,(H,25,28)(H,26,27)/t19-/m0/s1. The first-order valence-electron chi connectivity index (χ1n) is 9.56. The highest BCUT2D eigenvalue weighted by atomic mass is 35.5. The molecule has 1 atom stereocenters. The van der Waals surface area contributed by atoms with Crippen molar-refractivity contribution >= 4 is 23.6 Å². The first-order chi connectivity index (χ1) is 13.5.